The molecule has 0 radical (unpaired) electrons. The molecule has 0 atom stereocenters. The van der Waals surface area contributed by atoms with Crippen molar-refractivity contribution >= 4 is 18.0 Å². The van der Waals surface area contributed by atoms with Crippen molar-refractivity contribution in [3.05, 3.63) is 60.4 Å². The number of nitrogens with zero attached hydrogens (tertiary/aromatic N) is 2. The molecule has 0 amide bonds. The smallest absolute Gasteiger partial charge is 0.175 e. The van der Waals surface area contributed by atoms with Gasteiger partial charge in [0.25, 0.3) is 0 Å². The van der Waals surface area contributed by atoms with Gasteiger partial charge in [-0.3, -0.25) is 0 Å². The first-order chi connectivity index (χ1) is 11.3. The minimum absolute atomic E-state index is 1.14. The van der Waals surface area contributed by atoms with Gasteiger partial charge in [0.2, 0.25) is 0 Å². The topological polar surface area (TPSA) is 7.12 Å². The van der Waals surface area contributed by atoms with Crippen molar-refractivity contribution in [3.8, 4) is 0 Å². The maximum Gasteiger partial charge on any atom is 0.175 e. The highest BCUT2D eigenvalue weighted by atomic mass is 15.1. The quantitative estimate of drug-likeness (QED) is 0.591. The van der Waals surface area contributed by atoms with Crippen molar-refractivity contribution in [2.75, 3.05) is 18.0 Å². The molecule has 0 saturated carbocycles. The van der Waals surface area contributed by atoms with Crippen LogP contribution in [0.2, 0.25) is 0 Å². The Bertz CT molecular complexity index is 582. The van der Waals surface area contributed by atoms with Crippen molar-refractivity contribution in [2.45, 2.75) is 39.5 Å². The summed E-state index contributed by atoms with van der Waals surface area (Å²) in [5.74, 6) is 0. The van der Waals surface area contributed by atoms with E-state index >= 15 is 0 Å². The van der Waals surface area contributed by atoms with E-state index < -0.39 is 0 Å². The second kappa shape index (κ2) is 9.83. The Morgan fingerprint density at radius 2 is 1.52 bits per heavy atom. The predicted octanol–water partition coefficient (Wildman–Crippen LogP) is 5.01. The number of hydrogen-bond donors (Lipinski definition) is 0. The molecule has 122 valence electrons. The van der Waals surface area contributed by atoms with Crippen molar-refractivity contribution in [1.29, 1.82) is 0 Å². The van der Waals surface area contributed by atoms with E-state index in [1.807, 2.05) is 18.2 Å². The van der Waals surface area contributed by atoms with Crippen LogP contribution >= 0.6 is 0 Å². The number of pyridine rings is 1. The fourth-order valence-electron chi connectivity index (χ4n) is 2.64. The lowest BCUT2D eigenvalue weighted by Crippen LogP contribution is -2.26. The first-order valence-corrected chi connectivity index (χ1v) is 8.83. The Hall–Kier alpha value is -2.09. The number of para-hydroxylation sites is 1. The molecule has 0 aliphatic heterocycles. The first kappa shape index (κ1) is 17.3. The van der Waals surface area contributed by atoms with Crippen LogP contribution in [0.1, 0.15) is 45.1 Å². The van der Waals surface area contributed by atoms with E-state index in [1.54, 1.807) is 0 Å². The Labute approximate surface area is 141 Å². The molecule has 1 aromatic carbocycles. The molecule has 2 nitrogen and oxygen atoms in total. The zero-order valence-corrected chi connectivity index (χ0v) is 14.5. The lowest BCUT2D eigenvalue weighted by atomic mass is 10.1. The summed E-state index contributed by atoms with van der Waals surface area (Å²) in [4.78, 5) is 2.54. The summed E-state index contributed by atoms with van der Waals surface area (Å²) in [6.45, 7) is 6.80. The van der Waals surface area contributed by atoms with Crippen LogP contribution in [0.3, 0.4) is 0 Å². The number of unbranched alkanes of at least 4 members (excludes halogenated alkanes) is 2. The van der Waals surface area contributed by atoms with E-state index in [0.29, 0.717) is 0 Å². The minimum Gasteiger partial charge on any atom is -0.371 e. The van der Waals surface area contributed by atoms with Crippen molar-refractivity contribution in [3.63, 3.8) is 0 Å². The summed E-state index contributed by atoms with van der Waals surface area (Å²) in [6, 6.07) is 14.9. The van der Waals surface area contributed by atoms with Gasteiger partial charge in [-0.25, -0.2) is 0 Å². The van der Waals surface area contributed by atoms with E-state index in [0.717, 1.165) is 13.1 Å². The molecular formula is C21H29N2+. The summed E-state index contributed by atoms with van der Waals surface area (Å²) in [5.41, 5.74) is 2.64. The van der Waals surface area contributed by atoms with Gasteiger partial charge in [-0.15, -0.1) is 0 Å². The Kier molecular flexibility index (Phi) is 7.38. The highest BCUT2D eigenvalue weighted by Crippen LogP contribution is 2.23. The summed E-state index contributed by atoms with van der Waals surface area (Å²) >= 11 is 0. The molecule has 1 aromatic heterocycles. The Balaban J connectivity index is 2.21. The molecule has 0 aliphatic rings. The first-order valence-electron chi connectivity index (χ1n) is 8.83. The Morgan fingerprint density at radius 3 is 2.17 bits per heavy atom. The number of aromatic nitrogens is 1. The van der Waals surface area contributed by atoms with Gasteiger partial charge in [0.05, 0.1) is 0 Å². The maximum absolute atomic E-state index is 2.54. The van der Waals surface area contributed by atoms with E-state index in [-0.39, 0.29) is 0 Å². The second-order valence-electron chi connectivity index (χ2n) is 5.89. The van der Waals surface area contributed by atoms with E-state index in [1.165, 1.54) is 36.9 Å². The van der Waals surface area contributed by atoms with E-state index in [2.05, 4.69) is 72.2 Å². The fraction of sp³-hybridized carbons (Fsp3) is 0.381. The van der Waals surface area contributed by atoms with Gasteiger partial charge >= 0.3 is 0 Å². The van der Waals surface area contributed by atoms with Gasteiger partial charge in [-0.2, -0.15) is 4.57 Å². The van der Waals surface area contributed by atoms with Crippen molar-refractivity contribution in [1.82, 2.24) is 0 Å². The monoisotopic (exact) mass is 309 g/mol. The molecule has 0 spiro atoms. The Morgan fingerprint density at radius 1 is 0.870 bits per heavy atom. The van der Waals surface area contributed by atoms with Crippen LogP contribution in [0.25, 0.3) is 12.3 Å². The molecule has 0 saturated heterocycles. The number of rotatable bonds is 9. The van der Waals surface area contributed by atoms with Crippen LogP contribution in [0.15, 0.2) is 54.9 Å². The minimum atomic E-state index is 1.14. The molecule has 0 fully saturated rings. The van der Waals surface area contributed by atoms with Gasteiger partial charge in [0.15, 0.2) is 18.6 Å². The summed E-state index contributed by atoms with van der Waals surface area (Å²) in [5, 5.41) is 0. The normalized spacial score (nSPS) is 11.0. The molecule has 23 heavy (non-hydrogen) atoms. The van der Waals surface area contributed by atoms with Crippen LogP contribution in [0, 0.1) is 0 Å². The highest BCUT2D eigenvalue weighted by molar-refractivity contribution is 5.71. The van der Waals surface area contributed by atoms with Crippen LogP contribution < -0.4 is 9.47 Å². The average molecular weight is 309 g/mol. The predicted molar refractivity (Wildman–Crippen MR) is 100 cm³/mol. The highest BCUT2D eigenvalue weighted by Gasteiger charge is 2.09. The molecule has 0 aliphatic carbocycles. The third kappa shape index (κ3) is 5.55. The number of anilines is 1. The second-order valence-corrected chi connectivity index (χ2v) is 5.89. The largest absolute Gasteiger partial charge is 0.371 e. The standard InChI is InChI=1S/C21H29N2/c1-3-5-17-23(18-6-4-2)21-13-9-8-12-20(21)14-19-22-15-10-7-11-16-22/h7-16,19H,3-6,17-18H2,1-2H3/q+1/b19-14+. The average Bonchev–Trinajstić information content (AvgIpc) is 2.61. The lowest BCUT2D eigenvalue weighted by Gasteiger charge is -2.26. The third-order valence-corrected chi connectivity index (χ3v) is 4.01. The van der Waals surface area contributed by atoms with Crippen LogP contribution in [0.5, 0.6) is 0 Å². The molecule has 0 unspecified atom stereocenters. The lowest BCUT2D eigenvalue weighted by molar-refractivity contribution is -0.567. The molecule has 0 N–H and O–H groups in total. The van der Waals surface area contributed by atoms with Gasteiger partial charge in [0.1, 0.15) is 0 Å². The number of hydrogen-bond acceptors (Lipinski definition) is 1. The molecule has 2 aromatic rings. The van der Waals surface area contributed by atoms with Crippen LogP contribution in [-0.4, -0.2) is 13.1 Å². The van der Waals surface area contributed by atoms with E-state index in [9.17, 15) is 0 Å². The van der Waals surface area contributed by atoms with E-state index in [4.69, 9.17) is 0 Å². The molecular weight excluding hydrogens is 280 g/mol. The zero-order valence-electron chi connectivity index (χ0n) is 14.5. The summed E-state index contributed by atoms with van der Waals surface area (Å²) < 4.78 is 2.08. The van der Waals surface area contributed by atoms with Gasteiger partial charge in [0, 0.05) is 42.5 Å². The van der Waals surface area contributed by atoms with Crippen molar-refractivity contribution < 1.29 is 4.57 Å². The van der Waals surface area contributed by atoms with Gasteiger partial charge in [-0.1, -0.05) is 51.0 Å². The summed E-state index contributed by atoms with van der Waals surface area (Å²) in [6.07, 6.45) is 13.4. The zero-order chi connectivity index (χ0) is 16.3. The summed E-state index contributed by atoms with van der Waals surface area (Å²) in [7, 11) is 0. The number of benzene rings is 1. The molecule has 2 heteroatoms. The molecule has 2 rings (SSSR count). The maximum atomic E-state index is 2.54. The van der Waals surface area contributed by atoms with Crippen molar-refractivity contribution in [2.24, 2.45) is 0 Å². The van der Waals surface area contributed by atoms with Crippen LogP contribution in [-0.2, 0) is 0 Å². The third-order valence-electron chi connectivity index (χ3n) is 4.01. The van der Waals surface area contributed by atoms with Gasteiger partial charge in [-0.05, 0) is 18.9 Å². The van der Waals surface area contributed by atoms with Crippen LogP contribution in [0.4, 0.5) is 5.69 Å². The molecule has 1 heterocycles. The van der Waals surface area contributed by atoms with Gasteiger partial charge < -0.3 is 4.90 Å². The molecule has 0 bridgehead atoms. The SMILES string of the molecule is CCCCN(CCCC)c1ccccc1/C=C/[n+]1ccccc1. The fourth-order valence-corrected chi connectivity index (χ4v) is 2.64.